The number of hydrogen-bond donors (Lipinski definition) is 3. The molecule has 4 aliphatic carbocycles. The van der Waals surface area contributed by atoms with E-state index in [1.165, 1.54) is 6.42 Å². The van der Waals surface area contributed by atoms with Gasteiger partial charge in [-0.25, -0.2) is 8.42 Å². The van der Waals surface area contributed by atoms with E-state index in [9.17, 15) is 28.0 Å². The fraction of sp³-hybridized carbons (Fsp3) is 0.962. The Labute approximate surface area is 233 Å². The number of aliphatic hydroxyl groups is 2. The van der Waals surface area contributed by atoms with E-state index in [0.717, 1.165) is 51.4 Å². The van der Waals surface area contributed by atoms with Crippen LogP contribution in [0.5, 0.6) is 0 Å². The summed E-state index contributed by atoms with van der Waals surface area (Å²) in [4.78, 5) is 12.2. The van der Waals surface area contributed by atoms with E-state index < -0.39 is 15.9 Å². The number of nitrogens with one attached hydrogen (secondary N) is 1. The largest absolute Gasteiger partial charge is 1.00 e. The van der Waals surface area contributed by atoms with Crippen LogP contribution in [0.3, 0.4) is 0 Å². The van der Waals surface area contributed by atoms with Crippen LogP contribution in [0.4, 0.5) is 0 Å². The minimum atomic E-state index is -4.31. The molecule has 1 amide bonds. The first-order chi connectivity index (χ1) is 15.8. The number of carbonyl (C=O) groups excluding carboxylic acids is 1. The maximum absolute atomic E-state index is 12.2. The molecule has 3 N–H and O–H groups in total. The van der Waals surface area contributed by atoms with E-state index in [1.807, 2.05) is 0 Å². The van der Waals surface area contributed by atoms with Crippen LogP contribution in [-0.2, 0) is 14.9 Å². The summed E-state index contributed by atoms with van der Waals surface area (Å²) in [6, 6.07) is 0. The molecule has 0 heterocycles. The summed E-state index contributed by atoms with van der Waals surface area (Å²) in [5.74, 6) is 1.92. The van der Waals surface area contributed by atoms with Crippen LogP contribution in [0, 0.1) is 46.3 Å². The minimum Gasteiger partial charge on any atom is -0.748 e. The third-order valence-corrected chi connectivity index (χ3v) is 11.6. The molecule has 4 saturated carbocycles. The summed E-state index contributed by atoms with van der Waals surface area (Å²) < 4.78 is 32.2. The Morgan fingerprint density at radius 3 is 2.40 bits per heavy atom. The maximum atomic E-state index is 12.2. The third-order valence-electron chi connectivity index (χ3n) is 10.9. The normalized spacial score (nSPS) is 43.8. The average molecular weight is 522 g/mol. The molecule has 10 unspecified atom stereocenters. The fourth-order valence-electron chi connectivity index (χ4n) is 9.14. The van der Waals surface area contributed by atoms with Crippen LogP contribution >= 0.6 is 0 Å². The molecule has 196 valence electrons. The Kier molecular flexibility index (Phi) is 9.54. The summed E-state index contributed by atoms with van der Waals surface area (Å²) >= 11 is 0. The van der Waals surface area contributed by atoms with E-state index in [0.29, 0.717) is 41.9 Å². The van der Waals surface area contributed by atoms with E-state index >= 15 is 0 Å². The molecule has 0 aliphatic heterocycles. The minimum absolute atomic E-state index is 0. The Morgan fingerprint density at radius 2 is 1.71 bits per heavy atom. The third kappa shape index (κ3) is 5.99. The quantitative estimate of drug-likeness (QED) is 0.321. The zero-order chi connectivity index (χ0) is 24.9. The number of fused-ring (bicyclic) bond motifs is 5. The molecule has 35 heavy (non-hydrogen) atoms. The van der Waals surface area contributed by atoms with E-state index in [-0.39, 0.29) is 65.0 Å². The van der Waals surface area contributed by atoms with Gasteiger partial charge in [0.2, 0.25) is 5.91 Å². The van der Waals surface area contributed by atoms with Crippen molar-refractivity contribution < 1.29 is 57.5 Å². The van der Waals surface area contributed by atoms with Gasteiger partial charge in [0.25, 0.3) is 0 Å². The number of aliphatic hydroxyl groups excluding tert-OH is 2. The van der Waals surface area contributed by atoms with E-state index in [2.05, 4.69) is 26.1 Å². The van der Waals surface area contributed by atoms with Gasteiger partial charge < -0.3 is 20.1 Å². The van der Waals surface area contributed by atoms with E-state index in [4.69, 9.17) is 0 Å². The molecule has 0 saturated heterocycles. The summed E-state index contributed by atoms with van der Waals surface area (Å²) in [5, 5.41) is 24.2. The fourth-order valence-corrected chi connectivity index (χ4v) is 9.49. The van der Waals surface area contributed by atoms with Crippen LogP contribution in [-0.4, -0.2) is 53.6 Å². The number of hydrogen-bond acceptors (Lipinski definition) is 6. The van der Waals surface area contributed by atoms with Gasteiger partial charge in [-0.1, -0.05) is 20.8 Å². The SMILES string of the molecule is CC(CCC(=O)NCCS(=O)(=O)[O-])C1CCC2C3C(O)CC4CC(O)CCC4(C)C3CCC12C.[Na+]. The van der Waals surface area contributed by atoms with Crippen LogP contribution in [0.1, 0.15) is 85.0 Å². The van der Waals surface area contributed by atoms with E-state index in [1.54, 1.807) is 0 Å². The van der Waals surface area contributed by atoms with Crippen molar-refractivity contribution >= 4 is 16.0 Å². The van der Waals surface area contributed by atoms with Crippen molar-refractivity contribution in [1.82, 2.24) is 5.32 Å². The van der Waals surface area contributed by atoms with Gasteiger partial charge in [-0.3, -0.25) is 4.79 Å². The van der Waals surface area contributed by atoms with Gasteiger partial charge >= 0.3 is 29.6 Å². The second kappa shape index (κ2) is 11.2. The summed E-state index contributed by atoms with van der Waals surface area (Å²) in [7, 11) is -4.31. The van der Waals surface area contributed by atoms with Crippen molar-refractivity contribution in [2.75, 3.05) is 12.3 Å². The van der Waals surface area contributed by atoms with Crippen LogP contribution < -0.4 is 34.9 Å². The molecule has 0 radical (unpaired) electrons. The second-order valence-electron chi connectivity index (χ2n) is 12.6. The van der Waals surface area contributed by atoms with Gasteiger partial charge in [0.05, 0.1) is 28.1 Å². The zero-order valence-corrected chi connectivity index (χ0v) is 24.9. The first-order valence-corrected chi connectivity index (χ1v) is 15.0. The smallest absolute Gasteiger partial charge is 0.748 e. The molecule has 0 bridgehead atoms. The van der Waals surface area contributed by atoms with Crippen LogP contribution in [0.25, 0.3) is 0 Å². The van der Waals surface area contributed by atoms with Crippen LogP contribution in [0.2, 0.25) is 0 Å². The molecule has 9 heteroatoms. The monoisotopic (exact) mass is 521 g/mol. The molecule has 7 nitrogen and oxygen atoms in total. The first kappa shape index (κ1) is 29.9. The molecule has 0 aromatic rings. The van der Waals surface area contributed by atoms with Crippen LogP contribution in [0.15, 0.2) is 0 Å². The molecule has 4 rings (SSSR count). The van der Waals surface area contributed by atoms with Crippen molar-refractivity contribution in [3.63, 3.8) is 0 Å². The topological polar surface area (TPSA) is 127 Å². The molecule has 0 aromatic heterocycles. The van der Waals surface area contributed by atoms with Crippen molar-refractivity contribution in [1.29, 1.82) is 0 Å². The Balaban J connectivity index is 0.00000342. The van der Waals surface area contributed by atoms with Crippen molar-refractivity contribution in [2.45, 2.75) is 97.2 Å². The predicted octanol–water partition coefficient (Wildman–Crippen LogP) is 0.0587. The number of rotatable bonds is 7. The summed E-state index contributed by atoms with van der Waals surface area (Å²) in [6.07, 6.45) is 8.78. The number of carbonyl (C=O) groups is 1. The number of amides is 1. The first-order valence-electron chi connectivity index (χ1n) is 13.4. The second-order valence-corrected chi connectivity index (χ2v) is 14.1. The Hall–Kier alpha value is 0.300. The van der Waals surface area contributed by atoms with Gasteiger partial charge in [0.1, 0.15) is 0 Å². The van der Waals surface area contributed by atoms with Gasteiger partial charge in [-0.05, 0) is 104 Å². The molecule has 10 atom stereocenters. The predicted molar refractivity (Wildman–Crippen MR) is 129 cm³/mol. The molecule has 0 spiro atoms. The molecular weight excluding hydrogens is 477 g/mol. The average Bonchev–Trinajstić information content (AvgIpc) is 3.09. The Morgan fingerprint density at radius 1 is 1.06 bits per heavy atom. The summed E-state index contributed by atoms with van der Waals surface area (Å²) in [5.41, 5.74) is 0.399. The van der Waals surface area contributed by atoms with Gasteiger partial charge in [0.15, 0.2) is 0 Å². The Bertz CT molecular complexity index is 870. The molecule has 0 aromatic carbocycles. The van der Waals surface area contributed by atoms with Crippen molar-refractivity contribution in [3.8, 4) is 0 Å². The van der Waals surface area contributed by atoms with Crippen molar-refractivity contribution in [2.24, 2.45) is 46.3 Å². The standard InChI is InChI=1S/C26H45NO6S.Na/c1-16(4-7-23(30)27-12-13-34(31,32)33)19-5-6-20-24-21(9-11-26(19,20)3)25(2)10-8-18(28)14-17(25)15-22(24)29;/h16-22,24,28-29H,4-15H2,1-3H3,(H,27,30)(H,31,32,33);/q;+1/p-1. The van der Waals surface area contributed by atoms with Gasteiger partial charge in [-0.2, -0.15) is 0 Å². The zero-order valence-electron chi connectivity index (χ0n) is 22.0. The molecule has 4 aliphatic rings. The molecule has 4 fully saturated rings. The molecular formula is C26H44NNaO6S. The summed E-state index contributed by atoms with van der Waals surface area (Å²) in [6.45, 7) is 6.96. The maximum Gasteiger partial charge on any atom is 1.00 e. The van der Waals surface area contributed by atoms with Gasteiger partial charge in [0, 0.05) is 13.0 Å². The van der Waals surface area contributed by atoms with Gasteiger partial charge in [-0.15, -0.1) is 0 Å². The van der Waals surface area contributed by atoms with Crippen molar-refractivity contribution in [3.05, 3.63) is 0 Å².